The summed E-state index contributed by atoms with van der Waals surface area (Å²) in [4.78, 5) is 20.9. The predicted molar refractivity (Wildman–Crippen MR) is 79.0 cm³/mol. The molecule has 0 saturated heterocycles. The van der Waals surface area contributed by atoms with Crippen molar-refractivity contribution in [1.29, 1.82) is 0 Å². The largest absolute Gasteiger partial charge is 0.481 e. The summed E-state index contributed by atoms with van der Waals surface area (Å²) in [6.07, 6.45) is 6.33. The van der Waals surface area contributed by atoms with Gasteiger partial charge in [0.25, 0.3) is 0 Å². The van der Waals surface area contributed by atoms with Crippen LogP contribution in [0.5, 0.6) is 0 Å². The van der Waals surface area contributed by atoms with Crippen molar-refractivity contribution in [1.82, 2.24) is 9.97 Å². The summed E-state index contributed by atoms with van der Waals surface area (Å²) < 4.78 is 0. The minimum atomic E-state index is -0.708. The Kier molecular flexibility index (Phi) is 3.82. The van der Waals surface area contributed by atoms with Crippen LogP contribution >= 0.6 is 11.3 Å². The Balaban J connectivity index is 1.87. The molecule has 3 rings (SSSR count). The topological polar surface area (TPSA) is 75.1 Å². The van der Waals surface area contributed by atoms with Crippen LogP contribution in [0, 0.1) is 5.92 Å². The number of fused-ring (bicyclic) bond motifs is 1. The number of thiophene rings is 1. The van der Waals surface area contributed by atoms with Crippen molar-refractivity contribution in [3.63, 3.8) is 0 Å². The summed E-state index contributed by atoms with van der Waals surface area (Å²) in [5, 5.41) is 15.7. The first-order chi connectivity index (χ1) is 9.75. The molecule has 1 aliphatic carbocycles. The normalized spacial score (nSPS) is 23.4. The van der Waals surface area contributed by atoms with E-state index in [0.29, 0.717) is 0 Å². The minimum Gasteiger partial charge on any atom is -0.481 e. The fourth-order valence-corrected chi connectivity index (χ4v) is 3.59. The molecule has 0 aliphatic heterocycles. The number of carboxylic acids is 1. The summed E-state index contributed by atoms with van der Waals surface area (Å²) in [7, 11) is 0. The Hall–Kier alpha value is -1.69. The lowest BCUT2D eigenvalue weighted by Crippen LogP contribution is -2.34. The van der Waals surface area contributed by atoms with Gasteiger partial charge in [0, 0.05) is 6.04 Å². The maximum absolute atomic E-state index is 11.5. The molecular formula is C14H17N3O2S. The van der Waals surface area contributed by atoms with Crippen molar-refractivity contribution >= 4 is 33.3 Å². The minimum absolute atomic E-state index is 0.0481. The van der Waals surface area contributed by atoms with Gasteiger partial charge in [0.2, 0.25) is 0 Å². The number of hydrogen-bond acceptors (Lipinski definition) is 5. The predicted octanol–water partition coefficient (Wildman–Crippen LogP) is 3.14. The Bertz CT molecular complexity index is 613. The van der Waals surface area contributed by atoms with E-state index in [0.717, 1.165) is 48.1 Å². The van der Waals surface area contributed by atoms with Gasteiger partial charge in [-0.15, -0.1) is 11.3 Å². The third kappa shape index (κ3) is 2.60. The standard InChI is InChI=1S/C14H17N3O2S/c18-14(19)9-4-2-1-3-5-11(9)17-12-10-6-7-20-13(10)16-8-15-12/h6-9,11H,1-5H2,(H,18,19)(H,15,16,17). The number of nitrogens with zero attached hydrogens (tertiary/aromatic N) is 2. The second-order valence-electron chi connectivity index (χ2n) is 5.20. The van der Waals surface area contributed by atoms with Gasteiger partial charge < -0.3 is 10.4 Å². The second-order valence-corrected chi connectivity index (χ2v) is 6.09. The first-order valence-electron chi connectivity index (χ1n) is 6.93. The smallest absolute Gasteiger partial charge is 0.308 e. The van der Waals surface area contributed by atoms with Crippen molar-refractivity contribution in [3.8, 4) is 0 Å². The van der Waals surface area contributed by atoms with E-state index in [1.807, 2.05) is 11.4 Å². The van der Waals surface area contributed by atoms with Crippen LogP contribution in [-0.2, 0) is 4.79 Å². The molecule has 0 radical (unpaired) electrons. The van der Waals surface area contributed by atoms with E-state index in [4.69, 9.17) is 0 Å². The van der Waals surface area contributed by atoms with Crippen molar-refractivity contribution in [2.24, 2.45) is 5.92 Å². The van der Waals surface area contributed by atoms with Gasteiger partial charge in [0.15, 0.2) is 0 Å². The lowest BCUT2D eigenvalue weighted by atomic mass is 9.95. The molecule has 2 unspecified atom stereocenters. The Labute approximate surface area is 121 Å². The molecular weight excluding hydrogens is 274 g/mol. The summed E-state index contributed by atoms with van der Waals surface area (Å²) >= 11 is 1.57. The zero-order valence-electron chi connectivity index (χ0n) is 11.1. The van der Waals surface area contributed by atoms with Crippen molar-refractivity contribution < 1.29 is 9.90 Å². The highest BCUT2D eigenvalue weighted by atomic mass is 32.1. The Morgan fingerprint density at radius 2 is 2.15 bits per heavy atom. The molecule has 0 bridgehead atoms. The van der Waals surface area contributed by atoms with Gasteiger partial charge >= 0.3 is 5.97 Å². The Morgan fingerprint density at radius 3 is 3.00 bits per heavy atom. The molecule has 1 aliphatic rings. The molecule has 5 nitrogen and oxygen atoms in total. The zero-order chi connectivity index (χ0) is 13.9. The summed E-state index contributed by atoms with van der Waals surface area (Å²) in [6, 6.07) is 1.93. The summed E-state index contributed by atoms with van der Waals surface area (Å²) in [5.74, 6) is -0.282. The lowest BCUT2D eigenvalue weighted by Gasteiger charge is -2.23. The van der Waals surface area contributed by atoms with Crippen LogP contribution in [0.25, 0.3) is 10.2 Å². The molecule has 2 aromatic heterocycles. The van der Waals surface area contributed by atoms with Gasteiger partial charge in [-0.05, 0) is 24.3 Å². The van der Waals surface area contributed by atoms with Crippen LogP contribution in [0.2, 0.25) is 0 Å². The molecule has 1 saturated carbocycles. The van der Waals surface area contributed by atoms with E-state index in [2.05, 4.69) is 15.3 Å². The number of rotatable bonds is 3. The first kappa shape index (κ1) is 13.3. The monoisotopic (exact) mass is 291 g/mol. The number of anilines is 1. The molecule has 20 heavy (non-hydrogen) atoms. The SMILES string of the molecule is O=C(O)C1CCCCCC1Nc1ncnc2sccc12. The van der Waals surface area contributed by atoms with Crippen LogP contribution in [0.1, 0.15) is 32.1 Å². The first-order valence-corrected chi connectivity index (χ1v) is 7.81. The Morgan fingerprint density at radius 1 is 1.30 bits per heavy atom. The molecule has 6 heteroatoms. The van der Waals surface area contributed by atoms with Crippen LogP contribution in [-0.4, -0.2) is 27.1 Å². The molecule has 0 amide bonds. The quantitative estimate of drug-likeness (QED) is 0.850. The van der Waals surface area contributed by atoms with Gasteiger partial charge in [-0.3, -0.25) is 4.79 Å². The highest BCUT2D eigenvalue weighted by molar-refractivity contribution is 7.16. The number of carboxylic acid groups (broad SMARTS) is 1. The van der Waals surface area contributed by atoms with Gasteiger partial charge in [-0.25, -0.2) is 9.97 Å². The highest BCUT2D eigenvalue weighted by Crippen LogP contribution is 2.29. The average Bonchev–Trinajstić information content (AvgIpc) is 2.79. The maximum Gasteiger partial charge on any atom is 0.308 e. The fourth-order valence-electron chi connectivity index (χ4n) is 2.86. The average molecular weight is 291 g/mol. The molecule has 2 N–H and O–H groups in total. The molecule has 1 fully saturated rings. The number of carbonyl (C=O) groups is 1. The van der Waals surface area contributed by atoms with E-state index in [9.17, 15) is 9.90 Å². The molecule has 0 aromatic carbocycles. The second kappa shape index (κ2) is 5.75. The van der Waals surface area contributed by atoms with E-state index in [1.54, 1.807) is 11.3 Å². The van der Waals surface area contributed by atoms with Gasteiger partial charge in [-0.1, -0.05) is 19.3 Å². The van der Waals surface area contributed by atoms with E-state index >= 15 is 0 Å². The van der Waals surface area contributed by atoms with Crippen LogP contribution < -0.4 is 5.32 Å². The summed E-state index contributed by atoms with van der Waals surface area (Å²) in [5.41, 5.74) is 0. The van der Waals surface area contributed by atoms with E-state index in [1.165, 1.54) is 6.33 Å². The fraction of sp³-hybridized carbons (Fsp3) is 0.500. The highest BCUT2D eigenvalue weighted by Gasteiger charge is 2.30. The van der Waals surface area contributed by atoms with Crippen molar-refractivity contribution in [2.75, 3.05) is 5.32 Å². The van der Waals surface area contributed by atoms with Gasteiger partial charge in [-0.2, -0.15) is 0 Å². The molecule has 106 valence electrons. The number of aromatic nitrogens is 2. The lowest BCUT2D eigenvalue weighted by molar-refractivity contribution is -0.142. The van der Waals surface area contributed by atoms with Crippen LogP contribution in [0.4, 0.5) is 5.82 Å². The summed E-state index contributed by atoms with van der Waals surface area (Å²) in [6.45, 7) is 0. The van der Waals surface area contributed by atoms with Crippen LogP contribution in [0.3, 0.4) is 0 Å². The molecule has 2 heterocycles. The van der Waals surface area contributed by atoms with Crippen molar-refractivity contribution in [2.45, 2.75) is 38.1 Å². The van der Waals surface area contributed by atoms with Crippen molar-refractivity contribution in [3.05, 3.63) is 17.8 Å². The molecule has 2 atom stereocenters. The van der Waals surface area contributed by atoms with Gasteiger partial charge in [0.05, 0.1) is 11.3 Å². The third-order valence-electron chi connectivity index (χ3n) is 3.92. The third-order valence-corrected chi connectivity index (χ3v) is 4.74. The van der Waals surface area contributed by atoms with E-state index < -0.39 is 5.97 Å². The number of aliphatic carboxylic acids is 1. The number of nitrogens with one attached hydrogen (secondary N) is 1. The molecule has 2 aromatic rings. The van der Waals surface area contributed by atoms with Crippen LogP contribution in [0.15, 0.2) is 17.8 Å². The molecule has 0 spiro atoms. The van der Waals surface area contributed by atoms with Gasteiger partial charge in [0.1, 0.15) is 17.0 Å². The zero-order valence-corrected chi connectivity index (χ0v) is 11.9. The number of hydrogen-bond donors (Lipinski definition) is 2. The van der Waals surface area contributed by atoms with E-state index in [-0.39, 0.29) is 12.0 Å². The maximum atomic E-state index is 11.5.